The summed E-state index contributed by atoms with van der Waals surface area (Å²) >= 11 is 0. The number of aromatic nitrogens is 2. The Morgan fingerprint density at radius 1 is 0.864 bits per heavy atom. The zero-order chi connectivity index (χ0) is 15.5. The molecule has 2 heterocycles. The molecule has 1 aromatic carbocycles. The fourth-order valence-electron chi connectivity index (χ4n) is 2.18. The van der Waals surface area contributed by atoms with Crippen molar-refractivity contribution in [1.29, 1.82) is 0 Å². The number of hydrogen-bond donors (Lipinski definition) is 3. The normalized spacial score (nSPS) is 10.4. The van der Waals surface area contributed by atoms with Crippen LogP contribution in [-0.4, -0.2) is 9.97 Å². The van der Waals surface area contributed by atoms with Crippen molar-refractivity contribution >= 4 is 23.0 Å². The predicted molar refractivity (Wildman–Crippen MR) is 90.8 cm³/mol. The lowest BCUT2D eigenvalue weighted by Crippen LogP contribution is -2.03. The second-order valence-corrected chi connectivity index (χ2v) is 4.99. The Balaban J connectivity index is 1.97. The molecule has 110 valence electrons. The van der Waals surface area contributed by atoms with Crippen LogP contribution in [0, 0.1) is 6.92 Å². The highest BCUT2D eigenvalue weighted by molar-refractivity contribution is 5.74. The van der Waals surface area contributed by atoms with Crippen molar-refractivity contribution in [2.45, 2.75) is 6.92 Å². The van der Waals surface area contributed by atoms with Crippen LogP contribution in [0.2, 0.25) is 0 Å². The van der Waals surface area contributed by atoms with Gasteiger partial charge in [0.15, 0.2) is 5.82 Å². The monoisotopic (exact) mass is 291 g/mol. The molecule has 2 aromatic heterocycles. The number of aryl methyl sites for hydroxylation is 1. The van der Waals surface area contributed by atoms with Crippen LogP contribution in [0.15, 0.2) is 54.6 Å². The summed E-state index contributed by atoms with van der Waals surface area (Å²) in [4.78, 5) is 8.83. The molecule has 22 heavy (non-hydrogen) atoms. The number of nitrogens with one attached hydrogen (secondary N) is 1. The van der Waals surface area contributed by atoms with Gasteiger partial charge in [-0.15, -0.1) is 0 Å². The smallest absolute Gasteiger partial charge is 0.154 e. The van der Waals surface area contributed by atoms with Crippen molar-refractivity contribution in [3.63, 3.8) is 0 Å². The second kappa shape index (κ2) is 5.73. The van der Waals surface area contributed by atoms with Gasteiger partial charge >= 0.3 is 0 Å². The zero-order valence-electron chi connectivity index (χ0n) is 12.2. The van der Waals surface area contributed by atoms with E-state index >= 15 is 0 Å². The van der Waals surface area contributed by atoms with E-state index < -0.39 is 0 Å². The van der Waals surface area contributed by atoms with E-state index in [9.17, 15) is 0 Å². The molecule has 0 radical (unpaired) electrons. The minimum absolute atomic E-state index is 0.488. The van der Waals surface area contributed by atoms with Gasteiger partial charge in [-0.1, -0.05) is 30.3 Å². The van der Waals surface area contributed by atoms with E-state index in [1.807, 2.05) is 55.5 Å². The van der Waals surface area contributed by atoms with Gasteiger partial charge < -0.3 is 16.8 Å². The van der Waals surface area contributed by atoms with Crippen LogP contribution in [0.5, 0.6) is 0 Å². The highest BCUT2D eigenvalue weighted by Crippen LogP contribution is 2.26. The van der Waals surface area contributed by atoms with Gasteiger partial charge in [0, 0.05) is 5.56 Å². The Morgan fingerprint density at radius 3 is 2.36 bits per heavy atom. The van der Waals surface area contributed by atoms with E-state index in [0.29, 0.717) is 17.3 Å². The molecule has 0 aliphatic heterocycles. The van der Waals surface area contributed by atoms with Crippen LogP contribution in [0.25, 0.3) is 11.3 Å². The van der Waals surface area contributed by atoms with Gasteiger partial charge in [0.1, 0.15) is 5.82 Å². The molecule has 0 amide bonds. The maximum atomic E-state index is 6.03. The molecular weight excluding hydrogens is 274 g/mol. The predicted octanol–water partition coefficient (Wildman–Crippen LogP) is 3.36. The summed E-state index contributed by atoms with van der Waals surface area (Å²) in [5, 5.41) is 3.22. The van der Waals surface area contributed by atoms with Crippen LogP contribution in [-0.2, 0) is 0 Å². The van der Waals surface area contributed by atoms with Crippen molar-refractivity contribution < 1.29 is 0 Å². The Morgan fingerprint density at radius 2 is 1.64 bits per heavy atom. The molecule has 0 unspecified atom stereocenters. The number of anilines is 4. The van der Waals surface area contributed by atoms with Gasteiger partial charge in [-0.25, -0.2) is 9.97 Å². The van der Waals surface area contributed by atoms with Gasteiger partial charge in [0.05, 0.1) is 22.8 Å². The molecule has 0 aliphatic carbocycles. The summed E-state index contributed by atoms with van der Waals surface area (Å²) < 4.78 is 0. The quantitative estimate of drug-likeness (QED) is 0.688. The summed E-state index contributed by atoms with van der Waals surface area (Å²) in [6.07, 6.45) is 0. The van der Waals surface area contributed by atoms with Crippen molar-refractivity contribution in [2.24, 2.45) is 0 Å². The molecule has 5 N–H and O–H groups in total. The minimum atomic E-state index is 0.488. The number of nitrogen functional groups attached to an aromatic ring is 2. The van der Waals surface area contributed by atoms with E-state index in [4.69, 9.17) is 11.5 Å². The SMILES string of the molecule is Cc1nc(N)ccc1Nc1nc(-c2ccccc2)ccc1N. The lowest BCUT2D eigenvalue weighted by atomic mass is 10.1. The van der Waals surface area contributed by atoms with E-state index in [1.54, 1.807) is 6.07 Å². The Bertz CT molecular complexity index is 799. The average Bonchev–Trinajstić information content (AvgIpc) is 2.53. The number of pyridine rings is 2. The fraction of sp³-hybridized carbons (Fsp3) is 0.0588. The van der Waals surface area contributed by atoms with Crippen LogP contribution in [0.4, 0.5) is 23.0 Å². The first-order valence-corrected chi connectivity index (χ1v) is 6.95. The highest BCUT2D eigenvalue weighted by Gasteiger charge is 2.07. The third-order valence-corrected chi connectivity index (χ3v) is 3.36. The highest BCUT2D eigenvalue weighted by atomic mass is 15.0. The van der Waals surface area contributed by atoms with Crippen LogP contribution < -0.4 is 16.8 Å². The van der Waals surface area contributed by atoms with E-state index in [0.717, 1.165) is 22.6 Å². The van der Waals surface area contributed by atoms with Crippen molar-refractivity contribution in [3.05, 3.63) is 60.3 Å². The van der Waals surface area contributed by atoms with Crippen molar-refractivity contribution in [2.75, 3.05) is 16.8 Å². The molecule has 5 heteroatoms. The van der Waals surface area contributed by atoms with Crippen LogP contribution in [0.3, 0.4) is 0 Å². The topological polar surface area (TPSA) is 89.8 Å². The van der Waals surface area contributed by atoms with Gasteiger partial charge in [-0.2, -0.15) is 0 Å². The maximum Gasteiger partial charge on any atom is 0.154 e. The Hall–Kier alpha value is -3.08. The van der Waals surface area contributed by atoms with Gasteiger partial charge in [-0.3, -0.25) is 0 Å². The summed E-state index contributed by atoms with van der Waals surface area (Å²) in [5.74, 6) is 1.10. The number of rotatable bonds is 3. The van der Waals surface area contributed by atoms with Crippen LogP contribution in [0.1, 0.15) is 5.69 Å². The first-order valence-electron chi connectivity index (χ1n) is 6.95. The fourth-order valence-corrected chi connectivity index (χ4v) is 2.18. The van der Waals surface area contributed by atoms with E-state index in [1.165, 1.54) is 0 Å². The standard InChI is InChI=1S/C17H17N5/c1-11-14(9-10-16(19)20-11)21-17-13(18)7-8-15(22-17)12-5-3-2-4-6-12/h2-10H,18H2,1H3,(H2,19,20)(H,21,22). The second-order valence-electron chi connectivity index (χ2n) is 4.99. The third kappa shape index (κ3) is 2.83. The molecule has 0 fully saturated rings. The summed E-state index contributed by atoms with van der Waals surface area (Å²) in [5.41, 5.74) is 15.8. The number of benzene rings is 1. The van der Waals surface area contributed by atoms with Crippen molar-refractivity contribution in [3.8, 4) is 11.3 Å². The summed E-state index contributed by atoms with van der Waals surface area (Å²) in [6, 6.07) is 17.3. The van der Waals surface area contributed by atoms with Crippen molar-refractivity contribution in [1.82, 2.24) is 9.97 Å². The molecule has 0 atom stereocenters. The van der Waals surface area contributed by atoms with Gasteiger partial charge in [0.25, 0.3) is 0 Å². The molecular formula is C17H17N5. The Kier molecular flexibility index (Phi) is 3.62. The molecule has 3 aromatic rings. The molecule has 3 rings (SSSR count). The first kappa shape index (κ1) is 13.9. The molecule has 0 spiro atoms. The summed E-state index contributed by atoms with van der Waals surface area (Å²) in [6.45, 7) is 1.88. The number of nitrogens with zero attached hydrogens (tertiary/aromatic N) is 2. The molecule has 0 saturated carbocycles. The third-order valence-electron chi connectivity index (χ3n) is 3.36. The molecule has 5 nitrogen and oxygen atoms in total. The van der Waals surface area contributed by atoms with E-state index in [2.05, 4.69) is 15.3 Å². The number of nitrogens with two attached hydrogens (primary N) is 2. The average molecular weight is 291 g/mol. The Labute approximate surface area is 129 Å². The first-order chi connectivity index (χ1) is 10.6. The van der Waals surface area contributed by atoms with Gasteiger partial charge in [0.2, 0.25) is 0 Å². The summed E-state index contributed by atoms with van der Waals surface area (Å²) in [7, 11) is 0. The number of hydrogen-bond acceptors (Lipinski definition) is 5. The molecule has 0 aliphatic rings. The minimum Gasteiger partial charge on any atom is -0.396 e. The van der Waals surface area contributed by atoms with Crippen LogP contribution >= 0.6 is 0 Å². The van der Waals surface area contributed by atoms with E-state index in [-0.39, 0.29) is 0 Å². The zero-order valence-corrected chi connectivity index (χ0v) is 12.2. The molecule has 0 saturated heterocycles. The lowest BCUT2D eigenvalue weighted by molar-refractivity contribution is 1.20. The lowest BCUT2D eigenvalue weighted by Gasteiger charge is -2.12. The maximum absolute atomic E-state index is 6.03. The largest absolute Gasteiger partial charge is 0.396 e. The molecule has 0 bridgehead atoms. The van der Waals surface area contributed by atoms with Gasteiger partial charge in [-0.05, 0) is 31.2 Å².